The highest BCUT2D eigenvalue weighted by Crippen LogP contribution is 2.39. The maximum absolute atomic E-state index is 13.3. The number of nitrogens with zero attached hydrogens (tertiary/aromatic N) is 3. The van der Waals surface area contributed by atoms with E-state index in [-0.39, 0.29) is 18.2 Å². The quantitative estimate of drug-likeness (QED) is 0.820. The molecule has 0 bridgehead atoms. The summed E-state index contributed by atoms with van der Waals surface area (Å²) in [5, 5.41) is 0.900. The molecule has 3 atom stereocenters. The van der Waals surface area contributed by atoms with Crippen LogP contribution in [0.15, 0.2) is 24.3 Å². The molecule has 6 nitrogen and oxygen atoms in total. The zero-order valence-electron chi connectivity index (χ0n) is 14.5. The van der Waals surface area contributed by atoms with Crippen molar-refractivity contribution in [3.63, 3.8) is 0 Å². The molecule has 2 fully saturated rings. The lowest BCUT2D eigenvalue weighted by atomic mass is 10.2. The van der Waals surface area contributed by atoms with Crippen molar-refractivity contribution in [1.82, 2.24) is 13.6 Å². The number of rotatable bonds is 3. The fourth-order valence-electron chi connectivity index (χ4n) is 3.76. The standard InChI is InChI=1S/C17H23N3O3S2/c1-12-10-19(11-13(2)23-12)25(21,22)20-9-5-7-15(20)17-18-14-6-3-4-8-16(14)24-17/h3-4,6,8,12-13,15H,5,7,9-11H2,1-2H3. The number of aromatic nitrogens is 1. The van der Waals surface area contributed by atoms with Crippen LogP contribution in [0.25, 0.3) is 10.2 Å². The first-order valence-electron chi connectivity index (χ1n) is 8.73. The van der Waals surface area contributed by atoms with Crippen molar-refractivity contribution in [1.29, 1.82) is 0 Å². The molecule has 3 heterocycles. The van der Waals surface area contributed by atoms with E-state index in [9.17, 15) is 8.42 Å². The fraction of sp³-hybridized carbons (Fsp3) is 0.588. The van der Waals surface area contributed by atoms with Gasteiger partial charge in [0, 0.05) is 19.6 Å². The molecule has 25 heavy (non-hydrogen) atoms. The number of hydrogen-bond donors (Lipinski definition) is 0. The topological polar surface area (TPSA) is 62.7 Å². The van der Waals surface area contributed by atoms with Crippen LogP contribution in [-0.2, 0) is 14.9 Å². The average Bonchev–Trinajstić information content (AvgIpc) is 3.20. The van der Waals surface area contributed by atoms with E-state index in [4.69, 9.17) is 9.72 Å². The number of benzene rings is 1. The van der Waals surface area contributed by atoms with Crippen LogP contribution in [0.1, 0.15) is 37.7 Å². The molecule has 4 rings (SSSR count). The Morgan fingerprint density at radius 2 is 1.92 bits per heavy atom. The molecule has 2 aliphatic rings. The minimum absolute atomic E-state index is 0.0815. The normalized spacial score (nSPS) is 29.4. The Kier molecular flexibility index (Phi) is 4.57. The lowest BCUT2D eigenvalue weighted by molar-refractivity contribution is -0.0455. The highest BCUT2D eigenvalue weighted by molar-refractivity contribution is 7.86. The lowest BCUT2D eigenvalue weighted by Crippen LogP contribution is -2.52. The van der Waals surface area contributed by atoms with E-state index in [1.54, 1.807) is 19.9 Å². The average molecular weight is 382 g/mol. The molecule has 3 unspecified atom stereocenters. The summed E-state index contributed by atoms with van der Waals surface area (Å²) in [5.41, 5.74) is 0.945. The van der Waals surface area contributed by atoms with Gasteiger partial charge in [-0.25, -0.2) is 4.98 Å². The molecule has 1 aromatic heterocycles. The highest BCUT2D eigenvalue weighted by atomic mass is 32.2. The second-order valence-corrected chi connectivity index (χ2v) is 9.81. The minimum atomic E-state index is -3.51. The Morgan fingerprint density at radius 3 is 2.64 bits per heavy atom. The van der Waals surface area contributed by atoms with Crippen LogP contribution in [0, 0.1) is 0 Å². The largest absolute Gasteiger partial charge is 0.373 e. The summed E-state index contributed by atoms with van der Waals surface area (Å²) in [6.07, 6.45) is 1.54. The third kappa shape index (κ3) is 3.21. The van der Waals surface area contributed by atoms with Gasteiger partial charge in [0.05, 0.1) is 28.5 Å². The van der Waals surface area contributed by atoms with Gasteiger partial charge in [0.1, 0.15) is 5.01 Å². The molecule has 0 aliphatic carbocycles. The van der Waals surface area contributed by atoms with Gasteiger partial charge in [-0.05, 0) is 38.8 Å². The predicted molar refractivity (Wildman–Crippen MR) is 98.8 cm³/mol. The second-order valence-electron chi connectivity index (χ2n) is 6.87. The molecule has 0 radical (unpaired) electrons. The van der Waals surface area contributed by atoms with Crippen molar-refractivity contribution in [2.45, 2.75) is 44.9 Å². The van der Waals surface area contributed by atoms with Crippen LogP contribution in [0.5, 0.6) is 0 Å². The van der Waals surface area contributed by atoms with Crippen LogP contribution in [-0.4, -0.2) is 53.9 Å². The van der Waals surface area contributed by atoms with Gasteiger partial charge in [-0.3, -0.25) is 0 Å². The van der Waals surface area contributed by atoms with Gasteiger partial charge >= 0.3 is 0 Å². The van der Waals surface area contributed by atoms with Crippen molar-refractivity contribution in [2.75, 3.05) is 19.6 Å². The van der Waals surface area contributed by atoms with Crippen molar-refractivity contribution >= 4 is 31.8 Å². The number of thiazole rings is 1. The molecule has 136 valence electrons. The third-order valence-electron chi connectivity index (χ3n) is 4.81. The van der Waals surface area contributed by atoms with Crippen molar-refractivity contribution in [2.24, 2.45) is 0 Å². The summed E-state index contributed by atoms with van der Waals surface area (Å²) >= 11 is 1.60. The molecule has 2 aromatic rings. The molecule has 1 aromatic carbocycles. The first-order valence-corrected chi connectivity index (χ1v) is 10.9. The van der Waals surface area contributed by atoms with Gasteiger partial charge in [0.15, 0.2) is 0 Å². The Labute approximate surface area is 152 Å². The van der Waals surface area contributed by atoms with E-state index in [1.807, 2.05) is 38.1 Å². The zero-order valence-corrected chi connectivity index (χ0v) is 16.1. The number of fused-ring (bicyclic) bond motifs is 1. The van der Waals surface area contributed by atoms with Crippen LogP contribution in [0.3, 0.4) is 0 Å². The van der Waals surface area contributed by atoms with Gasteiger partial charge in [-0.2, -0.15) is 17.0 Å². The van der Waals surface area contributed by atoms with E-state index in [2.05, 4.69) is 0 Å². The Bertz CT molecular complexity index is 824. The van der Waals surface area contributed by atoms with E-state index in [0.29, 0.717) is 19.6 Å². The molecule has 0 N–H and O–H groups in total. The van der Waals surface area contributed by atoms with Crippen LogP contribution in [0.4, 0.5) is 0 Å². The van der Waals surface area contributed by atoms with Crippen LogP contribution >= 0.6 is 11.3 Å². The van der Waals surface area contributed by atoms with Gasteiger partial charge in [-0.15, -0.1) is 11.3 Å². The molecular weight excluding hydrogens is 358 g/mol. The first kappa shape index (κ1) is 17.4. The van der Waals surface area contributed by atoms with Gasteiger partial charge in [0.2, 0.25) is 0 Å². The fourth-order valence-corrected chi connectivity index (χ4v) is 6.93. The maximum Gasteiger partial charge on any atom is 0.282 e. The third-order valence-corrected chi connectivity index (χ3v) is 7.93. The van der Waals surface area contributed by atoms with Crippen LogP contribution in [0.2, 0.25) is 0 Å². The predicted octanol–water partition coefficient (Wildman–Crippen LogP) is 2.79. The van der Waals surface area contributed by atoms with Gasteiger partial charge in [0.25, 0.3) is 10.2 Å². The Hall–Kier alpha value is -1.06. The lowest BCUT2D eigenvalue weighted by Gasteiger charge is -2.37. The van der Waals surface area contributed by atoms with Gasteiger partial charge < -0.3 is 4.74 Å². The zero-order chi connectivity index (χ0) is 17.6. The van der Waals surface area contributed by atoms with Crippen molar-refractivity contribution in [3.05, 3.63) is 29.3 Å². The Balaban J connectivity index is 1.64. The summed E-state index contributed by atoms with van der Waals surface area (Å²) in [4.78, 5) is 4.70. The van der Waals surface area contributed by atoms with E-state index < -0.39 is 10.2 Å². The van der Waals surface area contributed by atoms with E-state index >= 15 is 0 Å². The number of morpholine rings is 1. The van der Waals surface area contributed by atoms with Crippen molar-refractivity contribution in [3.8, 4) is 0 Å². The smallest absolute Gasteiger partial charge is 0.282 e. The summed E-state index contributed by atoms with van der Waals surface area (Å²) in [6, 6.07) is 7.82. The number of hydrogen-bond acceptors (Lipinski definition) is 5. The highest BCUT2D eigenvalue weighted by Gasteiger charge is 2.42. The molecule has 0 amide bonds. The molecule has 8 heteroatoms. The van der Waals surface area contributed by atoms with E-state index in [1.165, 1.54) is 0 Å². The number of para-hydroxylation sites is 1. The first-order chi connectivity index (χ1) is 11.9. The molecule has 2 saturated heterocycles. The maximum atomic E-state index is 13.3. The SMILES string of the molecule is CC1CN(S(=O)(=O)N2CCCC2c2nc3ccccc3s2)CC(C)O1. The molecule has 2 aliphatic heterocycles. The number of ether oxygens (including phenoxy) is 1. The molecule has 0 saturated carbocycles. The Morgan fingerprint density at radius 1 is 1.20 bits per heavy atom. The minimum Gasteiger partial charge on any atom is -0.373 e. The summed E-state index contributed by atoms with van der Waals surface area (Å²) < 4.78 is 36.5. The summed E-state index contributed by atoms with van der Waals surface area (Å²) in [7, 11) is -3.51. The van der Waals surface area contributed by atoms with Gasteiger partial charge in [-0.1, -0.05) is 12.1 Å². The van der Waals surface area contributed by atoms with E-state index in [0.717, 1.165) is 28.1 Å². The molecular formula is C17H23N3O3S2. The second kappa shape index (κ2) is 6.59. The van der Waals surface area contributed by atoms with Crippen LogP contribution < -0.4 is 0 Å². The summed E-state index contributed by atoms with van der Waals surface area (Å²) in [6.45, 7) is 5.23. The van der Waals surface area contributed by atoms with Crippen molar-refractivity contribution < 1.29 is 13.2 Å². The monoisotopic (exact) mass is 381 g/mol. The molecule has 0 spiro atoms. The summed E-state index contributed by atoms with van der Waals surface area (Å²) in [5.74, 6) is 0.